The Balaban J connectivity index is 1.42. The zero-order valence-electron chi connectivity index (χ0n) is 13.9. The number of likely N-dealkylation sites (tertiary alicyclic amines) is 2. The largest absolute Gasteiger partial charge is 0.468 e. The van der Waals surface area contributed by atoms with E-state index in [1.165, 1.54) is 6.42 Å². The Hall–Kier alpha value is -2.14. The minimum atomic E-state index is 0.117. The number of aromatic nitrogens is 1. The molecule has 4 rings (SSSR count). The summed E-state index contributed by atoms with van der Waals surface area (Å²) in [5, 5.41) is 0. The zero-order chi connectivity index (χ0) is 16.4. The number of nitrogens with zero attached hydrogens (tertiary/aromatic N) is 3. The maximum absolute atomic E-state index is 12.7. The third-order valence-electron chi connectivity index (χ3n) is 5.33. The molecule has 0 saturated carbocycles. The van der Waals surface area contributed by atoms with Crippen molar-refractivity contribution in [3.05, 3.63) is 54.2 Å². The van der Waals surface area contributed by atoms with E-state index >= 15 is 0 Å². The Bertz CT molecular complexity index is 686. The Morgan fingerprint density at radius 2 is 2.17 bits per heavy atom. The molecule has 126 valence electrons. The number of piperidine rings is 1. The SMILES string of the molecule is O=C(c1cccnc1)N1CCC[C@]2(CCN(Cc3ccco3)C2)C1. The normalized spacial score (nSPS) is 24.6. The molecule has 0 aliphatic carbocycles. The van der Waals surface area contributed by atoms with Gasteiger partial charge in [0.25, 0.3) is 5.91 Å². The van der Waals surface area contributed by atoms with Gasteiger partial charge in [0, 0.05) is 37.4 Å². The molecule has 2 aromatic heterocycles. The van der Waals surface area contributed by atoms with Crippen molar-refractivity contribution in [2.24, 2.45) is 5.41 Å². The van der Waals surface area contributed by atoms with Crippen molar-refractivity contribution in [1.29, 1.82) is 0 Å². The van der Waals surface area contributed by atoms with Gasteiger partial charge in [-0.15, -0.1) is 0 Å². The molecular weight excluding hydrogens is 302 g/mol. The van der Waals surface area contributed by atoms with Crippen LogP contribution in [-0.4, -0.2) is 46.9 Å². The number of pyridine rings is 1. The monoisotopic (exact) mass is 325 g/mol. The second kappa shape index (κ2) is 6.40. The fraction of sp³-hybridized carbons (Fsp3) is 0.474. The number of hydrogen-bond donors (Lipinski definition) is 0. The van der Waals surface area contributed by atoms with E-state index in [1.54, 1.807) is 18.7 Å². The highest BCUT2D eigenvalue weighted by atomic mass is 16.3. The van der Waals surface area contributed by atoms with Gasteiger partial charge in [0.2, 0.25) is 0 Å². The summed E-state index contributed by atoms with van der Waals surface area (Å²) in [6, 6.07) is 7.66. The molecule has 0 bridgehead atoms. The highest BCUT2D eigenvalue weighted by Crippen LogP contribution is 2.39. The summed E-state index contributed by atoms with van der Waals surface area (Å²) in [5.41, 5.74) is 0.933. The first-order chi connectivity index (χ1) is 11.7. The van der Waals surface area contributed by atoms with Crippen molar-refractivity contribution in [3.8, 4) is 0 Å². The molecule has 2 aliphatic heterocycles. The van der Waals surface area contributed by atoms with E-state index in [2.05, 4.69) is 9.88 Å². The van der Waals surface area contributed by atoms with E-state index in [0.717, 1.165) is 51.3 Å². The van der Waals surface area contributed by atoms with Gasteiger partial charge >= 0.3 is 0 Å². The smallest absolute Gasteiger partial charge is 0.255 e. The van der Waals surface area contributed by atoms with Gasteiger partial charge in [-0.25, -0.2) is 0 Å². The predicted molar refractivity (Wildman–Crippen MR) is 90.4 cm³/mol. The highest BCUT2D eigenvalue weighted by molar-refractivity contribution is 5.94. The minimum Gasteiger partial charge on any atom is -0.468 e. The summed E-state index contributed by atoms with van der Waals surface area (Å²) in [4.78, 5) is 21.3. The number of carbonyl (C=O) groups is 1. The van der Waals surface area contributed by atoms with Gasteiger partial charge < -0.3 is 9.32 Å². The lowest BCUT2D eigenvalue weighted by atomic mass is 9.79. The number of hydrogen-bond acceptors (Lipinski definition) is 4. The van der Waals surface area contributed by atoms with Gasteiger partial charge in [-0.3, -0.25) is 14.7 Å². The summed E-state index contributed by atoms with van der Waals surface area (Å²) in [7, 11) is 0. The molecule has 0 unspecified atom stereocenters. The van der Waals surface area contributed by atoms with Crippen LogP contribution in [0.5, 0.6) is 0 Å². The summed E-state index contributed by atoms with van der Waals surface area (Å²) in [6.45, 7) is 4.70. The molecule has 2 saturated heterocycles. The molecule has 0 aromatic carbocycles. The third-order valence-corrected chi connectivity index (χ3v) is 5.33. The quantitative estimate of drug-likeness (QED) is 0.871. The molecular formula is C19H23N3O2. The van der Waals surface area contributed by atoms with Gasteiger partial charge in [-0.1, -0.05) is 0 Å². The van der Waals surface area contributed by atoms with Crippen molar-refractivity contribution in [1.82, 2.24) is 14.8 Å². The molecule has 24 heavy (non-hydrogen) atoms. The second-order valence-electron chi connectivity index (χ2n) is 7.11. The van der Waals surface area contributed by atoms with Crippen LogP contribution in [0, 0.1) is 5.41 Å². The van der Waals surface area contributed by atoms with E-state index in [4.69, 9.17) is 4.42 Å². The lowest BCUT2D eigenvalue weighted by molar-refractivity contribution is 0.0524. The van der Waals surface area contributed by atoms with Crippen LogP contribution < -0.4 is 0 Å². The van der Waals surface area contributed by atoms with Crippen LogP contribution in [0.4, 0.5) is 0 Å². The fourth-order valence-corrected chi connectivity index (χ4v) is 4.17. The van der Waals surface area contributed by atoms with Crippen LogP contribution in [0.3, 0.4) is 0 Å². The molecule has 2 fully saturated rings. The topological polar surface area (TPSA) is 49.6 Å². The summed E-state index contributed by atoms with van der Waals surface area (Å²) in [5.74, 6) is 1.14. The lowest BCUT2D eigenvalue weighted by Gasteiger charge is -2.40. The predicted octanol–water partition coefficient (Wildman–Crippen LogP) is 2.80. The van der Waals surface area contributed by atoms with Crippen LogP contribution in [0.15, 0.2) is 47.3 Å². The molecule has 2 aromatic rings. The number of furan rings is 1. The van der Waals surface area contributed by atoms with Gasteiger partial charge in [0.1, 0.15) is 5.76 Å². The molecule has 2 aliphatic rings. The molecule has 4 heterocycles. The average molecular weight is 325 g/mol. The van der Waals surface area contributed by atoms with Gasteiger partial charge in [-0.2, -0.15) is 0 Å². The van der Waals surface area contributed by atoms with Gasteiger partial charge in [0.05, 0.1) is 18.4 Å². The Kier molecular flexibility index (Phi) is 4.10. The van der Waals surface area contributed by atoms with Crippen LogP contribution >= 0.6 is 0 Å². The van der Waals surface area contributed by atoms with E-state index in [-0.39, 0.29) is 11.3 Å². The maximum atomic E-state index is 12.7. The summed E-state index contributed by atoms with van der Waals surface area (Å²) < 4.78 is 5.48. The summed E-state index contributed by atoms with van der Waals surface area (Å²) >= 11 is 0. The molecule has 1 amide bonds. The molecule has 0 N–H and O–H groups in total. The van der Waals surface area contributed by atoms with Crippen molar-refractivity contribution in [2.45, 2.75) is 25.8 Å². The van der Waals surface area contributed by atoms with Crippen molar-refractivity contribution in [3.63, 3.8) is 0 Å². The molecule has 1 atom stereocenters. The van der Waals surface area contributed by atoms with Gasteiger partial charge in [0.15, 0.2) is 0 Å². The van der Waals surface area contributed by atoms with Gasteiger partial charge in [-0.05, 0) is 50.1 Å². The second-order valence-corrected chi connectivity index (χ2v) is 7.11. The Labute approximate surface area is 142 Å². The Morgan fingerprint density at radius 3 is 2.96 bits per heavy atom. The number of amides is 1. The first-order valence-electron chi connectivity index (χ1n) is 8.68. The standard InChI is InChI=1S/C19H23N3O2/c23-18(16-4-1-8-20-12-16)22-9-3-6-19(15-22)7-10-21(14-19)13-17-5-2-11-24-17/h1-2,4-5,8,11-12H,3,6-7,9-10,13-15H2/t19-/m1/s1. The van der Waals surface area contributed by atoms with Crippen molar-refractivity contribution in [2.75, 3.05) is 26.2 Å². The maximum Gasteiger partial charge on any atom is 0.255 e. The van der Waals surface area contributed by atoms with Crippen LogP contribution in [-0.2, 0) is 6.54 Å². The number of rotatable bonds is 3. The third kappa shape index (κ3) is 3.08. The minimum absolute atomic E-state index is 0.117. The van der Waals surface area contributed by atoms with Crippen molar-refractivity contribution >= 4 is 5.91 Å². The zero-order valence-corrected chi connectivity index (χ0v) is 13.9. The van der Waals surface area contributed by atoms with Crippen LogP contribution in [0.2, 0.25) is 0 Å². The lowest BCUT2D eigenvalue weighted by Crippen LogP contribution is -2.47. The fourth-order valence-electron chi connectivity index (χ4n) is 4.17. The number of carbonyl (C=O) groups excluding carboxylic acids is 1. The highest BCUT2D eigenvalue weighted by Gasteiger charge is 2.42. The first-order valence-corrected chi connectivity index (χ1v) is 8.68. The van der Waals surface area contributed by atoms with Crippen LogP contribution in [0.25, 0.3) is 0 Å². The van der Waals surface area contributed by atoms with Crippen LogP contribution in [0.1, 0.15) is 35.4 Å². The van der Waals surface area contributed by atoms with E-state index < -0.39 is 0 Å². The molecule has 5 heteroatoms. The van der Waals surface area contributed by atoms with E-state index in [1.807, 2.05) is 29.2 Å². The first kappa shape index (κ1) is 15.4. The van der Waals surface area contributed by atoms with E-state index in [9.17, 15) is 4.79 Å². The van der Waals surface area contributed by atoms with E-state index in [0.29, 0.717) is 5.56 Å². The van der Waals surface area contributed by atoms with Crippen molar-refractivity contribution < 1.29 is 9.21 Å². The molecule has 0 radical (unpaired) electrons. The average Bonchev–Trinajstić information content (AvgIpc) is 3.26. The molecule has 1 spiro atoms. The Morgan fingerprint density at radius 1 is 1.21 bits per heavy atom. The summed E-state index contributed by atoms with van der Waals surface area (Å²) in [6.07, 6.45) is 8.55. The molecule has 5 nitrogen and oxygen atoms in total.